The van der Waals surface area contributed by atoms with Gasteiger partial charge >= 0.3 is 0 Å². The summed E-state index contributed by atoms with van der Waals surface area (Å²) in [5.41, 5.74) is -0.337. The number of carbonyl (C=O) groups is 3. The fourth-order valence-electron chi connectivity index (χ4n) is 5.42. The molecule has 51 heavy (non-hydrogen) atoms. The van der Waals surface area contributed by atoms with Gasteiger partial charge < -0.3 is 46.7 Å². The minimum Gasteiger partial charge on any atom is -0.382 e. The zero-order valence-electron chi connectivity index (χ0n) is 35.1. The van der Waals surface area contributed by atoms with Crippen LogP contribution in [0.4, 0.5) is 0 Å². The van der Waals surface area contributed by atoms with Crippen molar-refractivity contribution >= 4 is 17.7 Å². The zero-order chi connectivity index (χ0) is 39.1. The first-order chi connectivity index (χ1) is 23.5. The van der Waals surface area contributed by atoms with Crippen LogP contribution in [-0.4, -0.2) is 111 Å². The van der Waals surface area contributed by atoms with E-state index in [9.17, 15) is 14.4 Å². The van der Waals surface area contributed by atoms with Crippen molar-refractivity contribution in [1.82, 2.24) is 37.2 Å². The standard InChI is InChI=1S/C39H81N7O5/c1-36(2,3)42-24-18-15-21-31(45-38(7,8)9)34(48)40-23-17-14-20-30(33(47)41-26-27-51-29-28-50-13)44-35(49)32(46-39(10,11)12)22-16-19-25-43-37(4,5)6/h30-32,42-43,45-46H,14-29H2,1-13H3,(H,40,48)(H,41,47)(H,44,49). The Labute approximate surface area is 312 Å². The number of carbonyl (C=O) groups excluding carboxylic acids is 3. The minimum atomic E-state index is -0.698. The van der Waals surface area contributed by atoms with Gasteiger partial charge in [-0.05, 0) is 141 Å². The summed E-state index contributed by atoms with van der Waals surface area (Å²) in [6.07, 6.45) is 7.00. The van der Waals surface area contributed by atoms with Crippen LogP contribution in [0.25, 0.3) is 0 Å². The second-order valence-electron chi connectivity index (χ2n) is 18.0. The monoisotopic (exact) mass is 728 g/mol. The van der Waals surface area contributed by atoms with Crippen molar-refractivity contribution in [2.75, 3.05) is 53.1 Å². The molecular weight excluding hydrogens is 646 g/mol. The molecule has 0 fully saturated rings. The molecular formula is C39H81N7O5. The normalized spacial score (nSPS) is 14.5. The number of hydrogen-bond donors (Lipinski definition) is 7. The highest BCUT2D eigenvalue weighted by molar-refractivity contribution is 5.89. The maximum absolute atomic E-state index is 13.7. The number of hydrogen-bond acceptors (Lipinski definition) is 9. The van der Waals surface area contributed by atoms with Crippen molar-refractivity contribution in [3.05, 3.63) is 0 Å². The maximum atomic E-state index is 13.7. The second kappa shape index (κ2) is 25.2. The third kappa shape index (κ3) is 30.3. The van der Waals surface area contributed by atoms with E-state index in [1.165, 1.54) is 0 Å². The van der Waals surface area contributed by atoms with Crippen molar-refractivity contribution in [3.63, 3.8) is 0 Å². The van der Waals surface area contributed by atoms with Crippen LogP contribution in [-0.2, 0) is 23.9 Å². The molecule has 3 amide bonds. The van der Waals surface area contributed by atoms with Gasteiger partial charge in [-0.3, -0.25) is 14.4 Å². The lowest BCUT2D eigenvalue weighted by Gasteiger charge is -2.29. The molecule has 0 saturated heterocycles. The quantitative estimate of drug-likeness (QED) is 0.0619. The largest absolute Gasteiger partial charge is 0.382 e. The van der Waals surface area contributed by atoms with Crippen molar-refractivity contribution in [2.24, 2.45) is 0 Å². The SMILES string of the molecule is COCCOCCNC(=O)C(CCCCNC(=O)C(CCCCNC(C)(C)C)NC(C)(C)C)NC(=O)C(CCCCNC(C)(C)C)NC(C)(C)C. The highest BCUT2D eigenvalue weighted by atomic mass is 16.5. The zero-order valence-corrected chi connectivity index (χ0v) is 35.1. The Balaban J connectivity index is 5.32. The molecule has 302 valence electrons. The van der Waals surface area contributed by atoms with E-state index in [0.717, 1.165) is 45.2 Å². The summed E-state index contributed by atoms with van der Waals surface area (Å²) in [5, 5.41) is 23.1. The van der Waals surface area contributed by atoms with E-state index in [2.05, 4.69) is 99.5 Å². The minimum absolute atomic E-state index is 0.00132. The molecule has 0 heterocycles. The van der Waals surface area contributed by atoms with E-state index >= 15 is 0 Å². The summed E-state index contributed by atoms with van der Waals surface area (Å²) < 4.78 is 10.5. The molecule has 0 aromatic heterocycles. The molecule has 0 rings (SSSR count). The lowest BCUT2D eigenvalue weighted by Crippen LogP contribution is -2.56. The third-order valence-corrected chi connectivity index (χ3v) is 7.83. The highest BCUT2D eigenvalue weighted by Gasteiger charge is 2.28. The van der Waals surface area contributed by atoms with Gasteiger partial charge in [-0.1, -0.05) is 12.8 Å². The van der Waals surface area contributed by atoms with E-state index in [-0.39, 0.29) is 45.9 Å². The molecule has 0 aromatic carbocycles. The highest BCUT2D eigenvalue weighted by Crippen LogP contribution is 2.12. The molecule has 7 N–H and O–H groups in total. The van der Waals surface area contributed by atoms with Crippen molar-refractivity contribution in [3.8, 4) is 0 Å². The van der Waals surface area contributed by atoms with Crippen LogP contribution < -0.4 is 37.2 Å². The number of nitrogens with one attached hydrogen (secondary N) is 7. The molecule has 12 nitrogen and oxygen atoms in total. The predicted molar refractivity (Wildman–Crippen MR) is 211 cm³/mol. The Morgan fingerprint density at radius 3 is 1.33 bits per heavy atom. The fraction of sp³-hybridized carbons (Fsp3) is 0.923. The molecule has 0 bridgehead atoms. The maximum Gasteiger partial charge on any atom is 0.242 e. The molecule has 3 unspecified atom stereocenters. The first-order valence-electron chi connectivity index (χ1n) is 19.5. The van der Waals surface area contributed by atoms with E-state index in [1.807, 2.05) is 20.8 Å². The van der Waals surface area contributed by atoms with Gasteiger partial charge in [0.05, 0.1) is 31.9 Å². The number of unbranched alkanes of at least 4 members (excludes halogenated alkanes) is 3. The topological polar surface area (TPSA) is 154 Å². The summed E-state index contributed by atoms with van der Waals surface area (Å²) in [4.78, 5) is 40.3. The summed E-state index contributed by atoms with van der Waals surface area (Å²) in [5.74, 6) is -0.409. The van der Waals surface area contributed by atoms with Crippen LogP contribution in [0.15, 0.2) is 0 Å². The third-order valence-electron chi connectivity index (χ3n) is 7.83. The van der Waals surface area contributed by atoms with Crippen LogP contribution in [0, 0.1) is 0 Å². The lowest BCUT2D eigenvalue weighted by molar-refractivity contribution is -0.130. The van der Waals surface area contributed by atoms with Gasteiger partial charge in [0.1, 0.15) is 6.04 Å². The van der Waals surface area contributed by atoms with Crippen molar-refractivity contribution < 1.29 is 23.9 Å². The number of amides is 3. The van der Waals surface area contributed by atoms with E-state index in [0.29, 0.717) is 58.6 Å². The van der Waals surface area contributed by atoms with Crippen LogP contribution in [0.5, 0.6) is 0 Å². The molecule has 0 spiro atoms. The number of rotatable bonds is 27. The number of methoxy groups -OCH3 is 1. The number of ether oxygens (including phenoxy) is 2. The molecule has 0 radical (unpaired) electrons. The van der Waals surface area contributed by atoms with Gasteiger partial charge in [0.15, 0.2) is 0 Å². The van der Waals surface area contributed by atoms with E-state index in [1.54, 1.807) is 7.11 Å². The molecule has 0 saturated carbocycles. The fourth-order valence-corrected chi connectivity index (χ4v) is 5.42. The van der Waals surface area contributed by atoms with Crippen molar-refractivity contribution in [1.29, 1.82) is 0 Å². The van der Waals surface area contributed by atoms with Gasteiger partial charge in [0.2, 0.25) is 17.7 Å². The van der Waals surface area contributed by atoms with Gasteiger partial charge in [0.25, 0.3) is 0 Å². The van der Waals surface area contributed by atoms with Crippen LogP contribution in [0.3, 0.4) is 0 Å². The van der Waals surface area contributed by atoms with Gasteiger partial charge in [-0.2, -0.15) is 0 Å². The smallest absolute Gasteiger partial charge is 0.242 e. The Morgan fingerprint density at radius 2 is 0.882 bits per heavy atom. The Bertz CT molecular complexity index is 952. The van der Waals surface area contributed by atoms with E-state index in [4.69, 9.17) is 9.47 Å². The van der Waals surface area contributed by atoms with E-state index < -0.39 is 12.1 Å². The summed E-state index contributed by atoms with van der Waals surface area (Å²) in [6.45, 7) is 29.2. The van der Waals surface area contributed by atoms with Gasteiger partial charge in [-0.25, -0.2) is 0 Å². The molecule has 0 aliphatic heterocycles. The first kappa shape index (κ1) is 49.2. The summed E-state index contributed by atoms with van der Waals surface area (Å²) >= 11 is 0. The molecule has 3 atom stereocenters. The predicted octanol–water partition coefficient (Wildman–Crippen LogP) is 4.17. The second-order valence-corrected chi connectivity index (χ2v) is 18.0. The van der Waals surface area contributed by atoms with Crippen molar-refractivity contribution in [2.45, 2.75) is 181 Å². The molecule has 12 heteroatoms. The van der Waals surface area contributed by atoms with Gasteiger partial charge in [-0.15, -0.1) is 0 Å². The lowest BCUT2D eigenvalue weighted by atomic mass is 10.0. The molecule has 0 aromatic rings. The van der Waals surface area contributed by atoms with Crippen LogP contribution in [0.2, 0.25) is 0 Å². The Hall–Kier alpha value is -1.83. The Morgan fingerprint density at radius 1 is 0.471 bits per heavy atom. The summed E-state index contributed by atoms with van der Waals surface area (Å²) in [7, 11) is 1.61. The van der Waals surface area contributed by atoms with Gasteiger partial charge in [0, 0.05) is 42.4 Å². The van der Waals surface area contributed by atoms with Crippen LogP contribution in [0.1, 0.15) is 141 Å². The average Bonchev–Trinajstić information content (AvgIpc) is 2.97. The molecule has 0 aliphatic carbocycles. The molecule has 0 aliphatic rings. The Kier molecular flexibility index (Phi) is 24.3. The summed E-state index contributed by atoms with van der Waals surface area (Å²) in [6, 6.07) is -1.40. The van der Waals surface area contributed by atoms with Crippen LogP contribution >= 0.6 is 0 Å². The average molecular weight is 728 g/mol. The first-order valence-corrected chi connectivity index (χ1v) is 19.5.